The molecule has 0 heterocycles. The molecule has 0 bridgehead atoms. The van der Waals surface area contributed by atoms with Gasteiger partial charge in [0.1, 0.15) is 0 Å². The number of nitro groups is 1. The van der Waals surface area contributed by atoms with Gasteiger partial charge in [0.25, 0.3) is 5.69 Å². The molecule has 0 unspecified atom stereocenters. The molecule has 138 valence electrons. The maximum atomic E-state index is 11.8. The van der Waals surface area contributed by atoms with Gasteiger partial charge in [0.15, 0.2) is 0 Å². The molecule has 8 nitrogen and oxygen atoms in total. The van der Waals surface area contributed by atoms with Crippen molar-refractivity contribution < 1.29 is 19.2 Å². The van der Waals surface area contributed by atoms with Gasteiger partial charge >= 0.3 is 12.0 Å². The van der Waals surface area contributed by atoms with Crippen molar-refractivity contribution in [3.05, 3.63) is 32.3 Å². The third-order valence-electron chi connectivity index (χ3n) is 3.34. The van der Waals surface area contributed by atoms with Gasteiger partial charge in [-0.05, 0) is 54.2 Å². The normalized spacial score (nSPS) is 10.2. The largest absolute Gasteiger partial charge is 0.466 e. The highest BCUT2D eigenvalue weighted by molar-refractivity contribution is 9.10. The number of halogens is 1. The van der Waals surface area contributed by atoms with Gasteiger partial charge in [0, 0.05) is 24.7 Å². The number of anilines is 1. The number of hydrogen-bond acceptors (Lipinski definition) is 5. The number of urea groups is 1. The van der Waals surface area contributed by atoms with Crippen LogP contribution in [0, 0.1) is 17.0 Å². The number of esters is 1. The fraction of sp³-hybridized carbons (Fsp3) is 0.500. The van der Waals surface area contributed by atoms with E-state index in [1.54, 1.807) is 19.9 Å². The van der Waals surface area contributed by atoms with Gasteiger partial charge in [0.2, 0.25) is 0 Å². The monoisotopic (exact) mass is 415 g/mol. The van der Waals surface area contributed by atoms with Crippen molar-refractivity contribution in [2.45, 2.75) is 39.5 Å². The van der Waals surface area contributed by atoms with Crippen LogP contribution < -0.4 is 10.6 Å². The molecule has 2 N–H and O–H groups in total. The number of nitrogens with one attached hydrogen (secondary N) is 2. The summed E-state index contributed by atoms with van der Waals surface area (Å²) >= 11 is 3.16. The molecule has 0 aliphatic rings. The molecule has 0 saturated heterocycles. The van der Waals surface area contributed by atoms with Gasteiger partial charge in [0.05, 0.1) is 16.0 Å². The number of amides is 2. The summed E-state index contributed by atoms with van der Waals surface area (Å²) in [5.74, 6) is -0.208. The smallest absolute Gasteiger partial charge is 0.319 e. The summed E-state index contributed by atoms with van der Waals surface area (Å²) in [6, 6.07) is 2.52. The van der Waals surface area contributed by atoms with E-state index in [9.17, 15) is 19.7 Å². The summed E-state index contributed by atoms with van der Waals surface area (Å²) in [5, 5.41) is 16.2. The van der Waals surface area contributed by atoms with E-state index in [0.717, 1.165) is 12.8 Å². The highest BCUT2D eigenvalue weighted by atomic mass is 79.9. The van der Waals surface area contributed by atoms with Crippen molar-refractivity contribution in [1.82, 2.24) is 5.32 Å². The van der Waals surface area contributed by atoms with E-state index in [1.165, 1.54) is 6.07 Å². The van der Waals surface area contributed by atoms with E-state index < -0.39 is 11.0 Å². The van der Waals surface area contributed by atoms with Crippen molar-refractivity contribution in [3.8, 4) is 0 Å². The summed E-state index contributed by atoms with van der Waals surface area (Å²) in [5.41, 5.74) is 0.907. The fourth-order valence-corrected chi connectivity index (χ4v) is 2.51. The number of aryl methyl sites for hydroxylation is 1. The summed E-state index contributed by atoms with van der Waals surface area (Å²) in [7, 11) is 0. The number of carbonyl (C=O) groups is 2. The molecular formula is C16H22BrN3O5. The Labute approximate surface area is 154 Å². The van der Waals surface area contributed by atoms with Crippen LogP contribution >= 0.6 is 15.9 Å². The number of rotatable bonds is 9. The van der Waals surface area contributed by atoms with Crippen LogP contribution in [0.15, 0.2) is 16.6 Å². The van der Waals surface area contributed by atoms with Crippen LogP contribution in [-0.2, 0) is 9.53 Å². The number of benzene rings is 1. The van der Waals surface area contributed by atoms with Crippen LogP contribution in [0.5, 0.6) is 0 Å². The molecule has 0 aromatic heterocycles. The number of hydrogen-bond donors (Lipinski definition) is 2. The van der Waals surface area contributed by atoms with Gasteiger partial charge in [-0.3, -0.25) is 14.9 Å². The zero-order valence-electron chi connectivity index (χ0n) is 14.3. The van der Waals surface area contributed by atoms with Gasteiger partial charge < -0.3 is 15.4 Å². The zero-order chi connectivity index (χ0) is 18.8. The van der Waals surface area contributed by atoms with Crippen LogP contribution in [0.3, 0.4) is 0 Å². The van der Waals surface area contributed by atoms with Crippen molar-refractivity contribution in [3.63, 3.8) is 0 Å². The highest BCUT2D eigenvalue weighted by Crippen LogP contribution is 2.31. The molecule has 0 aliphatic carbocycles. The Hall–Kier alpha value is -2.16. The van der Waals surface area contributed by atoms with E-state index in [-0.39, 0.29) is 11.7 Å². The van der Waals surface area contributed by atoms with Gasteiger partial charge in [-0.1, -0.05) is 6.42 Å². The maximum Gasteiger partial charge on any atom is 0.319 e. The lowest BCUT2D eigenvalue weighted by atomic mass is 10.2. The van der Waals surface area contributed by atoms with E-state index in [0.29, 0.717) is 41.7 Å². The van der Waals surface area contributed by atoms with E-state index in [1.807, 2.05) is 0 Å². The van der Waals surface area contributed by atoms with Crippen LogP contribution in [0.4, 0.5) is 16.2 Å². The van der Waals surface area contributed by atoms with Crippen LogP contribution in [0.1, 0.15) is 38.2 Å². The van der Waals surface area contributed by atoms with E-state index >= 15 is 0 Å². The number of nitrogens with zero attached hydrogens (tertiary/aromatic N) is 1. The van der Waals surface area contributed by atoms with Crippen molar-refractivity contribution >= 4 is 39.3 Å². The molecule has 0 fully saturated rings. The molecular weight excluding hydrogens is 394 g/mol. The number of unbranched alkanes of at least 4 members (excludes halogenated alkanes) is 2. The second-order valence-corrected chi connectivity index (χ2v) is 6.17. The van der Waals surface area contributed by atoms with Gasteiger partial charge in [-0.2, -0.15) is 0 Å². The molecule has 1 aromatic rings. The first-order valence-corrected chi connectivity index (χ1v) is 8.79. The van der Waals surface area contributed by atoms with Gasteiger partial charge in [-0.25, -0.2) is 4.79 Å². The number of ether oxygens (including phenoxy) is 1. The highest BCUT2D eigenvalue weighted by Gasteiger charge is 2.16. The quantitative estimate of drug-likeness (QED) is 0.275. The molecule has 0 spiro atoms. The number of carbonyl (C=O) groups excluding carboxylic acids is 2. The molecule has 0 saturated carbocycles. The molecule has 2 amide bonds. The van der Waals surface area contributed by atoms with Crippen molar-refractivity contribution in [2.24, 2.45) is 0 Å². The van der Waals surface area contributed by atoms with E-state index in [4.69, 9.17) is 4.74 Å². The minimum atomic E-state index is -0.510. The molecule has 9 heteroatoms. The number of nitro benzene ring substituents is 1. The third kappa shape index (κ3) is 7.51. The second kappa shape index (κ2) is 10.7. The Kier molecular flexibility index (Phi) is 8.90. The Balaban J connectivity index is 2.35. The lowest BCUT2D eigenvalue weighted by Crippen LogP contribution is -2.29. The topological polar surface area (TPSA) is 111 Å². The van der Waals surface area contributed by atoms with Crippen molar-refractivity contribution in [2.75, 3.05) is 18.5 Å². The van der Waals surface area contributed by atoms with E-state index in [2.05, 4.69) is 26.6 Å². The van der Waals surface area contributed by atoms with Crippen LogP contribution in [-0.4, -0.2) is 30.1 Å². The lowest BCUT2D eigenvalue weighted by Gasteiger charge is -2.09. The molecule has 25 heavy (non-hydrogen) atoms. The Morgan fingerprint density at radius 2 is 2.00 bits per heavy atom. The van der Waals surface area contributed by atoms with Crippen LogP contribution in [0.25, 0.3) is 0 Å². The molecule has 0 aliphatic heterocycles. The molecule has 0 radical (unpaired) electrons. The van der Waals surface area contributed by atoms with Crippen molar-refractivity contribution in [1.29, 1.82) is 0 Å². The molecule has 0 atom stereocenters. The maximum absolute atomic E-state index is 11.8. The summed E-state index contributed by atoms with van der Waals surface area (Å²) in [6.07, 6.45) is 2.61. The summed E-state index contributed by atoms with van der Waals surface area (Å²) < 4.78 is 5.22. The first-order chi connectivity index (χ1) is 11.8. The standard InChI is InChI=1S/C16H22BrN3O5/c1-3-25-14(21)7-5-4-6-8-18-16(22)19-12-9-11(2)15(17)13(10-12)20(23)24/h9-10H,3-8H2,1-2H3,(H2,18,19,22). The Morgan fingerprint density at radius 3 is 2.64 bits per heavy atom. The summed E-state index contributed by atoms with van der Waals surface area (Å²) in [4.78, 5) is 33.5. The third-order valence-corrected chi connectivity index (χ3v) is 4.37. The first kappa shape index (κ1) is 20.9. The van der Waals surface area contributed by atoms with Crippen LogP contribution in [0.2, 0.25) is 0 Å². The first-order valence-electron chi connectivity index (χ1n) is 8.00. The fourth-order valence-electron chi connectivity index (χ4n) is 2.14. The predicted octanol–water partition coefficient (Wildman–Crippen LogP) is 3.91. The minimum Gasteiger partial charge on any atom is -0.466 e. The second-order valence-electron chi connectivity index (χ2n) is 5.38. The van der Waals surface area contributed by atoms with Gasteiger partial charge in [-0.15, -0.1) is 0 Å². The average molecular weight is 416 g/mol. The predicted molar refractivity (Wildman–Crippen MR) is 97.7 cm³/mol. The average Bonchev–Trinajstić information content (AvgIpc) is 2.54. The molecule has 1 aromatic carbocycles. The Morgan fingerprint density at radius 1 is 1.28 bits per heavy atom. The SMILES string of the molecule is CCOC(=O)CCCCCNC(=O)Nc1cc(C)c(Br)c([N+](=O)[O-])c1. The minimum absolute atomic E-state index is 0.103. The lowest BCUT2D eigenvalue weighted by molar-refractivity contribution is -0.385. The molecule has 1 rings (SSSR count). The Bertz CT molecular complexity index is 636. The summed E-state index contributed by atoms with van der Waals surface area (Å²) in [6.45, 7) is 4.31. The zero-order valence-corrected chi connectivity index (χ0v) is 15.8.